The van der Waals surface area contributed by atoms with Gasteiger partial charge in [0.05, 0.1) is 4.90 Å². The Morgan fingerprint density at radius 2 is 1.50 bits per heavy atom. The highest BCUT2D eigenvalue weighted by atomic mass is 32.2. The monoisotopic (exact) mass is 422 g/mol. The lowest BCUT2D eigenvalue weighted by atomic mass is 10.1. The van der Waals surface area contributed by atoms with Crippen LogP contribution in [0.15, 0.2) is 57.8 Å². The number of hydrogen-bond donors (Lipinski definition) is 0. The second-order valence-corrected chi connectivity index (χ2v) is 9.29. The molecule has 0 atom stereocenters. The van der Waals surface area contributed by atoms with Gasteiger partial charge in [0.15, 0.2) is 0 Å². The van der Waals surface area contributed by atoms with E-state index in [0.29, 0.717) is 42.8 Å². The van der Waals surface area contributed by atoms with Crippen LogP contribution in [-0.4, -0.2) is 43.9 Å². The van der Waals surface area contributed by atoms with Crippen molar-refractivity contribution in [3.63, 3.8) is 0 Å². The summed E-state index contributed by atoms with van der Waals surface area (Å²) in [6, 6.07) is 16.7. The van der Waals surface area contributed by atoms with E-state index in [-0.39, 0.29) is 5.69 Å². The highest BCUT2D eigenvalue weighted by Crippen LogP contribution is 2.29. The Bertz CT molecular complexity index is 1180. The Balaban J connectivity index is 1.52. The molecular weight excluding hydrogens is 400 g/mol. The quantitative estimate of drug-likeness (QED) is 0.640. The van der Waals surface area contributed by atoms with Gasteiger partial charge in [-0.3, -0.25) is 0 Å². The van der Waals surface area contributed by atoms with E-state index in [2.05, 4.69) is 11.1 Å². The number of nitriles is 1. The number of rotatable bonds is 4. The van der Waals surface area contributed by atoms with E-state index in [9.17, 15) is 13.7 Å². The number of sulfonamides is 1. The fraction of sp³-hybridized carbons (Fsp3) is 0.273. The second-order valence-electron chi connectivity index (χ2n) is 7.35. The molecule has 30 heavy (non-hydrogen) atoms. The van der Waals surface area contributed by atoms with E-state index in [1.165, 1.54) is 4.31 Å². The number of aromatic nitrogens is 1. The van der Waals surface area contributed by atoms with Gasteiger partial charge in [-0.25, -0.2) is 8.42 Å². The van der Waals surface area contributed by atoms with Crippen molar-refractivity contribution in [3.8, 4) is 17.5 Å². The van der Waals surface area contributed by atoms with Crippen LogP contribution in [-0.2, 0) is 10.0 Å². The summed E-state index contributed by atoms with van der Waals surface area (Å²) in [6.45, 7) is 5.37. The molecule has 1 aromatic heterocycles. The minimum atomic E-state index is -3.55. The molecule has 1 aliphatic heterocycles. The van der Waals surface area contributed by atoms with Crippen molar-refractivity contribution in [1.29, 1.82) is 5.26 Å². The van der Waals surface area contributed by atoms with Crippen molar-refractivity contribution in [3.05, 3.63) is 65.4 Å². The maximum atomic E-state index is 12.9. The van der Waals surface area contributed by atoms with E-state index in [0.717, 1.165) is 16.7 Å². The summed E-state index contributed by atoms with van der Waals surface area (Å²) in [5, 5.41) is 9.50. The summed E-state index contributed by atoms with van der Waals surface area (Å²) in [6.07, 6.45) is 0. The Kier molecular flexibility index (Phi) is 5.33. The molecule has 0 radical (unpaired) electrons. The number of nitrogens with zero attached hydrogens (tertiary/aromatic N) is 4. The molecule has 4 rings (SSSR count). The predicted molar refractivity (Wildman–Crippen MR) is 114 cm³/mol. The molecule has 1 saturated heterocycles. The smallest absolute Gasteiger partial charge is 0.243 e. The normalized spacial score (nSPS) is 15.2. The first-order valence-corrected chi connectivity index (χ1v) is 11.1. The first kappa shape index (κ1) is 20.1. The molecule has 1 fully saturated rings. The summed E-state index contributed by atoms with van der Waals surface area (Å²) >= 11 is 0. The van der Waals surface area contributed by atoms with Gasteiger partial charge in [-0.15, -0.1) is 0 Å². The zero-order chi connectivity index (χ0) is 21.3. The van der Waals surface area contributed by atoms with Crippen molar-refractivity contribution in [2.24, 2.45) is 0 Å². The molecule has 0 spiro atoms. The average molecular weight is 423 g/mol. The van der Waals surface area contributed by atoms with Gasteiger partial charge in [-0.05, 0) is 38.1 Å². The minimum Gasteiger partial charge on any atom is -0.419 e. The summed E-state index contributed by atoms with van der Waals surface area (Å²) in [5.74, 6) is 0.775. The fourth-order valence-electron chi connectivity index (χ4n) is 3.41. The van der Waals surface area contributed by atoms with Crippen LogP contribution in [0.5, 0.6) is 0 Å². The number of anilines is 1. The molecule has 3 aromatic rings. The van der Waals surface area contributed by atoms with E-state index >= 15 is 0 Å². The van der Waals surface area contributed by atoms with Gasteiger partial charge in [0.1, 0.15) is 6.07 Å². The Labute approximate surface area is 176 Å². The fourth-order valence-corrected chi connectivity index (χ4v) is 4.83. The zero-order valence-electron chi connectivity index (χ0n) is 16.9. The van der Waals surface area contributed by atoms with E-state index in [4.69, 9.17) is 4.42 Å². The van der Waals surface area contributed by atoms with Crippen molar-refractivity contribution in [1.82, 2.24) is 9.29 Å². The van der Waals surface area contributed by atoms with Gasteiger partial charge in [0.2, 0.25) is 27.5 Å². The lowest BCUT2D eigenvalue weighted by molar-refractivity contribution is 0.374. The predicted octanol–water partition coefficient (Wildman–Crippen LogP) is 3.34. The maximum Gasteiger partial charge on any atom is 0.243 e. The molecule has 8 heteroatoms. The molecule has 0 unspecified atom stereocenters. The largest absolute Gasteiger partial charge is 0.419 e. The van der Waals surface area contributed by atoms with Gasteiger partial charge in [-0.2, -0.15) is 14.6 Å². The third kappa shape index (κ3) is 3.82. The number of oxazole rings is 1. The number of piperazine rings is 1. The first-order valence-electron chi connectivity index (χ1n) is 9.68. The highest BCUT2D eigenvalue weighted by Gasteiger charge is 2.31. The van der Waals surface area contributed by atoms with Crippen molar-refractivity contribution in [2.45, 2.75) is 18.7 Å². The number of hydrogen-bond acceptors (Lipinski definition) is 6. The van der Waals surface area contributed by atoms with Gasteiger partial charge < -0.3 is 9.32 Å². The Morgan fingerprint density at radius 3 is 2.07 bits per heavy atom. The minimum absolute atomic E-state index is 0.209. The molecule has 0 bridgehead atoms. The molecule has 0 aliphatic carbocycles. The molecule has 154 valence electrons. The van der Waals surface area contributed by atoms with Crippen molar-refractivity contribution < 1.29 is 12.8 Å². The molecule has 0 amide bonds. The van der Waals surface area contributed by atoms with Gasteiger partial charge in [0.25, 0.3) is 0 Å². The molecular formula is C22H22N4O3S. The van der Waals surface area contributed by atoms with Crippen LogP contribution in [0, 0.1) is 25.2 Å². The van der Waals surface area contributed by atoms with E-state index in [1.807, 2.05) is 43.0 Å². The lowest BCUT2D eigenvalue weighted by Crippen LogP contribution is -2.48. The maximum absolute atomic E-state index is 12.9. The molecule has 2 aromatic carbocycles. The van der Waals surface area contributed by atoms with Crippen molar-refractivity contribution in [2.75, 3.05) is 31.1 Å². The second kappa shape index (κ2) is 7.94. The van der Waals surface area contributed by atoms with Gasteiger partial charge in [-0.1, -0.05) is 35.4 Å². The van der Waals surface area contributed by atoms with Crippen LogP contribution < -0.4 is 4.90 Å². The molecule has 1 aliphatic rings. The zero-order valence-corrected chi connectivity index (χ0v) is 17.7. The van der Waals surface area contributed by atoms with Crippen molar-refractivity contribution >= 4 is 15.9 Å². The summed E-state index contributed by atoms with van der Waals surface area (Å²) in [4.78, 5) is 6.50. The molecule has 2 heterocycles. The summed E-state index contributed by atoms with van der Waals surface area (Å²) in [7, 11) is -3.55. The van der Waals surface area contributed by atoms with Crippen LogP contribution in [0.3, 0.4) is 0 Å². The number of benzene rings is 2. The van der Waals surface area contributed by atoms with Crippen LogP contribution in [0.25, 0.3) is 11.5 Å². The topological polar surface area (TPSA) is 90.4 Å². The number of aryl methyl sites for hydroxylation is 2. The third-order valence-corrected chi connectivity index (χ3v) is 7.11. The third-order valence-electron chi connectivity index (χ3n) is 5.20. The first-order chi connectivity index (χ1) is 14.4. The Hall–Kier alpha value is -3.15. The summed E-state index contributed by atoms with van der Waals surface area (Å²) in [5.41, 5.74) is 3.14. The average Bonchev–Trinajstić information content (AvgIpc) is 3.19. The molecule has 7 nitrogen and oxygen atoms in total. The van der Waals surface area contributed by atoms with Gasteiger partial charge >= 0.3 is 0 Å². The Morgan fingerprint density at radius 1 is 0.933 bits per heavy atom. The van der Waals surface area contributed by atoms with E-state index in [1.54, 1.807) is 24.3 Å². The van der Waals surface area contributed by atoms with Crippen LogP contribution in [0.2, 0.25) is 0 Å². The molecule has 0 saturated carbocycles. The standard InChI is InChI=1S/C22H22N4O3S/c1-16-3-7-18(8-4-16)21-24-20(15-23)22(29-21)25-11-13-26(14-12-25)30(27,28)19-9-5-17(2)6-10-19/h3-10H,11-14H2,1-2H3. The molecule has 0 N–H and O–H groups in total. The SMILES string of the molecule is Cc1ccc(-c2nc(C#N)c(N3CCN(S(=O)(=O)c4ccc(C)cc4)CC3)o2)cc1. The van der Waals surface area contributed by atoms with Crippen LogP contribution in [0.1, 0.15) is 16.8 Å². The van der Waals surface area contributed by atoms with Gasteiger partial charge in [0, 0.05) is 31.7 Å². The van der Waals surface area contributed by atoms with E-state index < -0.39 is 10.0 Å². The highest BCUT2D eigenvalue weighted by molar-refractivity contribution is 7.89. The van der Waals surface area contributed by atoms with Crippen LogP contribution in [0.4, 0.5) is 5.88 Å². The lowest BCUT2D eigenvalue weighted by Gasteiger charge is -2.33. The summed E-state index contributed by atoms with van der Waals surface area (Å²) < 4.78 is 33.2. The van der Waals surface area contributed by atoms with Crippen LogP contribution >= 0.6 is 0 Å².